The van der Waals surface area contributed by atoms with Crippen LogP contribution in [0, 0.1) is 0 Å². The molecule has 5 heteroatoms. The maximum absolute atomic E-state index is 11.1. The van der Waals surface area contributed by atoms with Crippen LogP contribution in [0.2, 0.25) is 0 Å². The zero-order valence-corrected chi connectivity index (χ0v) is 9.39. The van der Waals surface area contributed by atoms with Crippen LogP contribution in [-0.2, 0) is 4.79 Å². The molecule has 0 saturated carbocycles. The molecule has 0 aliphatic carbocycles. The first-order valence-corrected chi connectivity index (χ1v) is 5.73. The molecular weight excluding hydrogens is 216 g/mol. The number of fused-ring (bicyclic) bond motifs is 1. The van der Waals surface area contributed by atoms with E-state index in [1.54, 1.807) is 0 Å². The Morgan fingerprint density at radius 1 is 1.47 bits per heavy atom. The monoisotopic (exact) mass is 230 g/mol. The van der Waals surface area contributed by atoms with Gasteiger partial charge in [0.2, 0.25) is 5.91 Å². The van der Waals surface area contributed by atoms with Gasteiger partial charge in [-0.2, -0.15) is 0 Å². The summed E-state index contributed by atoms with van der Waals surface area (Å²) >= 11 is 0. The molecule has 3 N–H and O–H groups in total. The zero-order valence-electron chi connectivity index (χ0n) is 9.39. The van der Waals surface area contributed by atoms with Gasteiger partial charge in [-0.1, -0.05) is 0 Å². The number of nitrogens with zero attached hydrogens (tertiary/aromatic N) is 2. The highest BCUT2D eigenvalue weighted by Crippen LogP contribution is 2.24. The van der Waals surface area contributed by atoms with Crippen LogP contribution in [0.15, 0.2) is 24.5 Å². The maximum atomic E-state index is 11.1. The number of anilines is 1. The summed E-state index contributed by atoms with van der Waals surface area (Å²) in [5.74, 6) is 0.134. The summed E-state index contributed by atoms with van der Waals surface area (Å²) in [7, 11) is 0. The van der Waals surface area contributed by atoms with Crippen molar-refractivity contribution >= 4 is 22.6 Å². The molecular formula is C12H14N4O. The number of nitrogen functional groups attached to an aromatic ring is 1. The first kappa shape index (κ1) is 10.1. The second kappa shape index (κ2) is 3.76. The van der Waals surface area contributed by atoms with E-state index in [1.807, 2.05) is 24.5 Å². The topological polar surface area (TPSA) is 72.9 Å². The van der Waals surface area contributed by atoms with Gasteiger partial charge in [0.15, 0.2) is 0 Å². The molecule has 1 saturated heterocycles. The Kier molecular flexibility index (Phi) is 2.24. The van der Waals surface area contributed by atoms with Gasteiger partial charge >= 0.3 is 0 Å². The van der Waals surface area contributed by atoms with E-state index in [0.717, 1.165) is 23.1 Å². The van der Waals surface area contributed by atoms with E-state index in [0.29, 0.717) is 19.0 Å². The van der Waals surface area contributed by atoms with E-state index in [-0.39, 0.29) is 5.91 Å². The Morgan fingerprint density at radius 2 is 2.35 bits per heavy atom. The molecule has 2 aromatic rings. The molecule has 3 rings (SSSR count). The summed E-state index contributed by atoms with van der Waals surface area (Å²) in [6.45, 7) is 0.675. The summed E-state index contributed by atoms with van der Waals surface area (Å²) in [5.41, 5.74) is 8.42. The van der Waals surface area contributed by atoms with Gasteiger partial charge in [-0.3, -0.25) is 4.79 Å². The van der Waals surface area contributed by atoms with Crippen LogP contribution in [0.25, 0.3) is 11.0 Å². The molecule has 0 spiro atoms. The van der Waals surface area contributed by atoms with Crippen molar-refractivity contribution in [3.63, 3.8) is 0 Å². The molecule has 1 aromatic carbocycles. The van der Waals surface area contributed by atoms with E-state index < -0.39 is 0 Å². The number of carbonyl (C=O) groups is 1. The maximum Gasteiger partial charge on any atom is 0.220 e. The lowest BCUT2D eigenvalue weighted by Crippen LogP contribution is -2.35. The van der Waals surface area contributed by atoms with Crippen molar-refractivity contribution in [1.82, 2.24) is 14.9 Å². The molecule has 1 aliphatic rings. The molecule has 1 atom stereocenters. The lowest BCUT2D eigenvalue weighted by molar-refractivity contribution is -0.122. The number of nitrogens with one attached hydrogen (secondary N) is 1. The van der Waals surface area contributed by atoms with Crippen LogP contribution in [0.3, 0.4) is 0 Å². The van der Waals surface area contributed by atoms with E-state index in [1.165, 1.54) is 0 Å². The number of amides is 1. The third kappa shape index (κ3) is 1.73. The van der Waals surface area contributed by atoms with Gasteiger partial charge in [0.1, 0.15) is 0 Å². The second-order valence-corrected chi connectivity index (χ2v) is 4.40. The average molecular weight is 230 g/mol. The Labute approximate surface area is 98.6 Å². The number of rotatable bonds is 1. The normalized spacial score (nSPS) is 20.5. The number of hydrogen-bond acceptors (Lipinski definition) is 3. The fourth-order valence-corrected chi connectivity index (χ4v) is 2.30. The van der Waals surface area contributed by atoms with Crippen molar-refractivity contribution in [3.05, 3.63) is 24.5 Å². The lowest BCUT2D eigenvalue weighted by atomic mass is 10.1. The molecule has 17 heavy (non-hydrogen) atoms. The fourth-order valence-electron chi connectivity index (χ4n) is 2.30. The van der Waals surface area contributed by atoms with Crippen LogP contribution in [0.1, 0.15) is 18.9 Å². The van der Waals surface area contributed by atoms with E-state index in [4.69, 9.17) is 5.73 Å². The number of nitrogens with two attached hydrogens (primary N) is 1. The third-order valence-corrected chi connectivity index (χ3v) is 3.23. The predicted octanol–water partition coefficient (Wildman–Crippen LogP) is 1.07. The van der Waals surface area contributed by atoms with Crippen molar-refractivity contribution in [2.45, 2.75) is 18.9 Å². The number of hydrogen-bond donors (Lipinski definition) is 2. The standard InChI is InChI=1S/C12H14N4O/c13-8-1-3-11-10(5-8)15-7-16(11)9-2-4-12(17)14-6-9/h1,3,5,7,9H,2,4,6,13H2,(H,14,17). The van der Waals surface area contributed by atoms with Gasteiger partial charge in [0.25, 0.3) is 0 Å². The number of imidazole rings is 1. The summed E-state index contributed by atoms with van der Waals surface area (Å²) in [4.78, 5) is 15.5. The minimum Gasteiger partial charge on any atom is -0.399 e. The fraction of sp³-hybridized carbons (Fsp3) is 0.333. The van der Waals surface area contributed by atoms with Crippen molar-refractivity contribution in [2.75, 3.05) is 12.3 Å². The van der Waals surface area contributed by atoms with Crippen molar-refractivity contribution in [3.8, 4) is 0 Å². The highest BCUT2D eigenvalue weighted by molar-refractivity contribution is 5.79. The molecule has 1 aliphatic heterocycles. The van der Waals surface area contributed by atoms with Gasteiger partial charge in [-0.05, 0) is 24.6 Å². The first-order valence-electron chi connectivity index (χ1n) is 5.73. The lowest BCUT2D eigenvalue weighted by Gasteiger charge is -2.24. The van der Waals surface area contributed by atoms with Crippen molar-refractivity contribution < 1.29 is 4.79 Å². The van der Waals surface area contributed by atoms with E-state index >= 15 is 0 Å². The highest BCUT2D eigenvalue weighted by Gasteiger charge is 2.20. The van der Waals surface area contributed by atoms with Crippen molar-refractivity contribution in [2.24, 2.45) is 0 Å². The number of aromatic nitrogens is 2. The summed E-state index contributed by atoms with van der Waals surface area (Å²) in [5, 5.41) is 2.88. The quantitative estimate of drug-likeness (QED) is 0.720. The first-order chi connectivity index (χ1) is 8.24. The number of benzene rings is 1. The minimum absolute atomic E-state index is 0.134. The van der Waals surface area contributed by atoms with Crippen LogP contribution < -0.4 is 11.1 Å². The van der Waals surface area contributed by atoms with Gasteiger partial charge in [-0.25, -0.2) is 4.98 Å². The number of carbonyl (C=O) groups excluding carboxylic acids is 1. The van der Waals surface area contributed by atoms with Gasteiger partial charge in [-0.15, -0.1) is 0 Å². The van der Waals surface area contributed by atoms with Gasteiger partial charge in [0, 0.05) is 18.7 Å². The molecule has 1 unspecified atom stereocenters. The summed E-state index contributed by atoms with van der Waals surface area (Å²) < 4.78 is 2.12. The second-order valence-electron chi connectivity index (χ2n) is 4.40. The van der Waals surface area contributed by atoms with Crippen LogP contribution in [0.4, 0.5) is 5.69 Å². The molecule has 1 amide bonds. The summed E-state index contributed by atoms with van der Waals surface area (Å²) in [6.07, 6.45) is 3.27. The zero-order chi connectivity index (χ0) is 11.8. The minimum atomic E-state index is 0.134. The van der Waals surface area contributed by atoms with Crippen LogP contribution in [-0.4, -0.2) is 22.0 Å². The Balaban J connectivity index is 1.97. The SMILES string of the molecule is Nc1ccc2c(c1)ncn2C1CCC(=O)NC1. The molecule has 1 aromatic heterocycles. The predicted molar refractivity (Wildman–Crippen MR) is 65.4 cm³/mol. The summed E-state index contributed by atoms with van der Waals surface area (Å²) in [6, 6.07) is 6.02. The van der Waals surface area contributed by atoms with Crippen LogP contribution >= 0.6 is 0 Å². The largest absolute Gasteiger partial charge is 0.399 e. The Morgan fingerprint density at radius 3 is 3.12 bits per heavy atom. The molecule has 2 heterocycles. The van der Waals surface area contributed by atoms with Crippen LogP contribution in [0.5, 0.6) is 0 Å². The Hall–Kier alpha value is -2.04. The third-order valence-electron chi connectivity index (χ3n) is 3.23. The van der Waals surface area contributed by atoms with Crippen molar-refractivity contribution in [1.29, 1.82) is 0 Å². The van der Waals surface area contributed by atoms with Gasteiger partial charge in [0.05, 0.1) is 23.4 Å². The highest BCUT2D eigenvalue weighted by atomic mass is 16.1. The average Bonchev–Trinajstić information content (AvgIpc) is 2.73. The van der Waals surface area contributed by atoms with Gasteiger partial charge < -0.3 is 15.6 Å². The molecule has 0 radical (unpaired) electrons. The molecule has 5 nitrogen and oxygen atoms in total. The Bertz CT molecular complexity index is 565. The molecule has 88 valence electrons. The van der Waals surface area contributed by atoms with E-state index in [2.05, 4.69) is 14.9 Å². The number of piperidine rings is 1. The van der Waals surface area contributed by atoms with E-state index in [9.17, 15) is 4.79 Å². The smallest absolute Gasteiger partial charge is 0.220 e. The molecule has 1 fully saturated rings. The molecule has 0 bridgehead atoms.